The Kier molecular flexibility index (Phi) is 14.3. The van der Waals surface area contributed by atoms with Gasteiger partial charge >= 0.3 is 6.18 Å². The quantitative estimate of drug-likeness (QED) is 0.173. The van der Waals surface area contributed by atoms with Gasteiger partial charge in [0.2, 0.25) is 11.8 Å². The summed E-state index contributed by atoms with van der Waals surface area (Å²) in [6.45, 7) is 7.96. The Morgan fingerprint density at radius 1 is 1.13 bits per heavy atom. The zero-order chi connectivity index (χ0) is 33.7. The molecule has 8 nitrogen and oxygen atoms in total. The van der Waals surface area contributed by atoms with Crippen LogP contribution in [0.4, 0.5) is 13.2 Å². The van der Waals surface area contributed by atoms with Crippen molar-refractivity contribution in [1.82, 2.24) is 15.5 Å². The third-order valence-electron chi connectivity index (χ3n) is 8.20. The second-order valence-electron chi connectivity index (χ2n) is 11.5. The molecule has 0 saturated carbocycles. The van der Waals surface area contributed by atoms with Gasteiger partial charge in [-0.1, -0.05) is 48.6 Å². The smallest absolute Gasteiger partial charge is 0.389 e. The molecular weight excluding hydrogens is 599 g/mol. The van der Waals surface area contributed by atoms with Crippen LogP contribution in [-0.4, -0.2) is 73.5 Å². The maximum Gasteiger partial charge on any atom is 0.389 e. The van der Waals surface area contributed by atoms with Gasteiger partial charge in [-0.3, -0.25) is 9.59 Å². The van der Waals surface area contributed by atoms with Crippen LogP contribution in [0.15, 0.2) is 73.8 Å². The summed E-state index contributed by atoms with van der Waals surface area (Å²) in [4.78, 5) is 27.7. The highest BCUT2D eigenvalue weighted by molar-refractivity contribution is 5.87. The number of hydrogen-bond donors (Lipinski definition) is 3. The van der Waals surface area contributed by atoms with Gasteiger partial charge in [0.15, 0.2) is 0 Å². The van der Waals surface area contributed by atoms with E-state index < -0.39 is 42.6 Å². The van der Waals surface area contributed by atoms with E-state index in [9.17, 15) is 27.9 Å². The summed E-state index contributed by atoms with van der Waals surface area (Å²) in [7, 11) is 3.02. The van der Waals surface area contributed by atoms with Crippen molar-refractivity contribution < 1.29 is 37.3 Å². The molecule has 0 saturated heterocycles. The average molecular weight is 646 g/mol. The van der Waals surface area contributed by atoms with Crippen molar-refractivity contribution in [2.24, 2.45) is 0 Å². The van der Waals surface area contributed by atoms with Crippen molar-refractivity contribution in [3.63, 3.8) is 0 Å². The molecule has 252 valence electrons. The number of nitrogens with one attached hydrogen (secondary N) is 2. The first kappa shape index (κ1) is 36.8. The highest BCUT2D eigenvalue weighted by Gasteiger charge is 2.34. The van der Waals surface area contributed by atoms with Crippen LogP contribution >= 0.6 is 0 Å². The molecule has 46 heavy (non-hydrogen) atoms. The summed E-state index contributed by atoms with van der Waals surface area (Å²) in [5, 5.41) is 17.9. The third-order valence-corrected chi connectivity index (χ3v) is 8.20. The number of nitrogens with zero attached hydrogens (tertiary/aromatic N) is 1. The molecule has 0 aromatic heterocycles. The lowest BCUT2D eigenvalue weighted by Crippen LogP contribution is -2.55. The van der Waals surface area contributed by atoms with Crippen LogP contribution < -0.4 is 15.4 Å². The van der Waals surface area contributed by atoms with Crippen molar-refractivity contribution >= 4 is 11.8 Å². The van der Waals surface area contributed by atoms with E-state index in [4.69, 9.17) is 9.47 Å². The predicted molar refractivity (Wildman–Crippen MR) is 171 cm³/mol. The van der Waals surface area contributed by atoms with Crippen molar-refractivity contribution in [1.29, 1.82) is 0 Å². The van der Waals surface area contributed by atoms with E-state index in [-0.39, 0.29) is 38.0 Å². The number of methoxy groups -OCH3 is 1. The van der Waals surface area contributed by atoms with Crippen molar-refractivity contribution in [2.45, 2.75) is 81.5 Å². The lowest BCUT2D eigenvalue weighted by Gasteiger charge is -2.31. The van der Waals surface area contributed by atoms with Gasteiger partial charge in [-0.05, 0) is 60.9 Å². The Labute approximate surface area is 269 Å². The van der Waals surface area contributed by atoms with Gasteiger partial charge in [0, 0.05) is 32.5 Å². The lowest BCUT2D eigenvalue weighted by molar-refractivity contribution is -0.144. The van der Waals surface area contributed by atoms with Crippen LogP contribution in [0.3, 0.4) is 0 Å². The number of rotatable bonds is 19. The number of amides is 2. The van der Waals surface area contributed by atoms with Crippen LogP contribution in [0, 0.1) is 0 Å². The number of aliphatic hydroxyl groups is 1. The maximum atomic E-state index is 13.7. The highest BCUT2D eigenvalue weighted by Crippen LogP contribution is 2.42. The molecule has 3 rings (SSSR count). The summed E-state index contributed by atoms with van der Waals surface area (Å²) >= 11 is 0. The van der Waals surface area contributed by atoms with Gasteiger partial charge in [-0.2, -0.15) is 13.2 Å². The molecule has 0 spiro atoms. The molecule has 0 radical (unpaired) electrons. The van der Waals surface area contributed by atoms with Gasteiger partial charge in [0.25, 0.3) is 0 Å². The first-order valence-corrected chi connectivity index (χ1v) is 15.6. The van der Waals surface area contributed by atoms with E-state index in [0.717, 1.165) is 16.7 Å². The highest BCUT2D eigenvalue weighted by atomic mass is 19.4. The SMILES string of the molecule is C=CCC[C@@H](C(=O)N[C@@H](Cc1ccccc1)[C@H](O)CN[C@H]1C[C@@H](OCC=C)c2ccc(OC)cc21)N(C)C(=O)CCCC(F)(F)F. The molecule has 1 aliphatic rings. The Bertz CT molecular complexity index is 1290. The Morgan fingerprint density at radius 3 is 2.52 bits per heavy atom. The molecule has 2 amide bonds. The maximum absolute atomic E-state index is 13.7. The molecule has 5 atom stereocenters. The molecule has 0 unspecified atom stereocenters. The van der Waals surface area contributed by atoms with Crippen LogP contribution in [0.1, 0.15) is 67.4 Å². The van der Waals surface area contributed by atoms with Crippen molar-refractivity contribution in [3.8, 4) is 5.75 Å². The fourth-order valence-corrected chi connectivity index (χ4v) is 5.68. The van der Waals surface area contributed by atoms with Crippen LogP contribution in [0.2, 0.25) is 0 Å². The number of hydrogen-bond acceptors (Lipinski definition) is 6. The molecule has 0 aliphatic heterocycles. The first-order valence-electron chi connectivity index (χ1n) is 15.6. The Balaban J connectivity index is 1.76. The molecule has 2 aromatic rings. The minimum Gasteiger partial charge on any atom is -0.497 e. The average Bonchev–Trinajstić information content (AvgIpc) is 3.38. The monoisotopic (exact) mass is 645 g/mol. The molecule has 3 N–H and O–H groups in total. The van der Waals surface area contributed by atoms with E-state index in [2.05, 4.69) is 23.8 Å². The van der Waals surface area contributed by atoms with Crippen LogP contribution in [0.25, 0.3) is 0 Å². The van der Waals surface area contributed by atoms with E-state index in [1.807, 2.05) is 48.5 Å². The van der Waals surface area contributed by atoms with Gasteiger partial charge < -0.3 is 30.1 Å². The van der Waals surface area contributed by atoms with Gasteiger partial charge in [-0.25, -0.2) is 0 Å². The summed E-state index contributed by atoms with van der Waals surface area (Å²) in [6.07, 6.45) is -2.44. The summed E-state index contributed by atoms with van der Waals surface area (Å²) in [5.74, 6) is -0.353. The zero-order valence-electron chi connectivity index (χ0n) is 26.6. The molecule has 0 heterocycles. The van der Waals surface area contributed by atoms with Crippen molar-refractivity contribution in [3.05, 3.63) is 90.5 Å². The van der Waals surface area contributed by atoms with Gasteiger partial charge in [0.05, 0.1) is 32.0 Å². The summed E-state index contributed by atoms with van der Waals surface area (Å²) in [5.41, 5.74) is 2.91. The number of aliphatic hydroxyl groups excluding tert-OH is 1. The van der Waals surface area contributed by atoms with Gasteiger partial charge in [0.1, 0.15) is 11.8 Å². The van der Waals surface area contributed by atoms with E-state index in [1.54, 1.807) is 19.3 Å². The number of allylic oxidation sites excluding steroid dienone is 1. The molecule has 0 fully saturated rings. The van der Waals surface area contributed by atoms with Crippen LogP contribution in [-0.2, 0) is 20.7 Å². The molecule has 11 heteroatoms. The normalized spacial score (nSPS) is 17.8. The summed E-state index contributed by atoms with van der Waals surface area (Å²) < 4.78 is 49.4. The second kappa shape index (κ2) is 17.9. The zero-order valence-corrected chi connectivity index (χ0v) is 26.6. The number of carbonyl (C=O) groups is 2. The van der Waals surface area contributed by atoms with E-state index >= 15 is 0 Å². The minimum absolute atomic E-state index is 0.136. The number of halogens is 3. The largest absolute Gasteiger partial charge is 0.497 e. The van der Waals surface area contributed by atoms with Gasteiger partial charge in [-0.15, -0.1) is 13.2 Å². The predicted octanol–water partition coefficient (Wildman–Crippen LogP) is 5.59. The number of fused-ring (bicyclic) bond motifs is 1. The Hall–Kier alpha value is -3.67. The molecule has 0 bridgehead atoms. The Morgan fingerprint density at radius 2 is 1.87 bits per heavy atom. The number of benzene rings is 2. The fraction of sp³-hybridized carbons (Fsp3) is 0.486. The standard InChI is InChI=1S/C35H46F3N3O5/c1-5-7-14-30(41(3)33(43)15-11-18-35(36,37)38)34(44)40-29(20-24-12-9-8-10-13-24)31(42)23-39-28-22-32(46-19-6-2)26-17-16-25(45-4)21-27(26)28/h5-6,8-10,12-13,16-17,21,28-32,39,42H,1-2,7,11,14-15,18-20,22-23H2,3-4H3,(H,40,44)/t28-,29-,30-,31+,32+/m0/s1. The molecule has 1 aliphatic carbocycles. The topological polar surface area (TPSA) is 100 Å². The van der Waals surface area contributed by atoms with Crippen LogP contribution in [0.5, 0.6) is 5.75 Å². The van der Waals surface area contributed by atoms with Crippen molar-refractivity contribution in [2.75, 3.05) is 27.3 Å². The first-order chi connectivity index (χ1) is 22.0. The second-order valence-corrected chi connectivity index (χ2v) is 11.5. The van der Waals surface area contributed by atoms with E-state index in [0.29, 0.717) is 31.6 Å². The summed E-state index contributed by atoms with van der Waals surface area (Å²) in [6, 6.07) is 13.4. The van der Waals surface area contributed by atoms with E-state index in [1.165, 1.54) is 11.9 Å². The minimum atomic E-state index is -4.36. The fourth-order valence-electron chi connectivity index (χ4n) is 5.68. The number of carbonyl (C=O) groups excluding carboxylic acids is 2. The number of alkyl halides is 3. The lowest BCUT2D eigenvalue weighted by atomic mass is 9.99. The number of likely N-dealkylation sites (N-methyl/N-ethyl adjacent to an activating group) is 1. The molecule has 2 aromatic carbocycles. The molecular formula is C35H46F3N3O5. The number of ether oxygens (including phenoxy) is 2. The third kappa shape index (κ3) is 11.0.